The van der Waals surface area contributed by atoms with Crippen LogP contribution in [0.2, 0.25) is 0 Å². The highest BCUT2D eigenvalue weighted by Gasteiger charge is 2.49. The van der Waals surface area contributed by atoms with Crippen molar-refractivity contribution in [1.29, 1.82) is 0 Å². The van der Waals surface area contributed by atoms with Gasteiger partial charge in [-0.05, 0) is 146 Å². The van der Waals surface area contributed by atoms with E-state index < -0.39 is 148 Å². The van der Waals surface area contributed by atoms with Crippen molar-refractivity contribution in [2.24, 2.45) is 13.5 Å². The van der Waals surface area contributed by atoms with Crippen molar-refractivity contribution >= 4 is 83.7 Å². The molecule has 0 saturated carbocycles. The molecular formula is C36H30N3O24P3S6. The molecule has 6 aromatic carbocycles. The fourth-order valence-electron chi connectivity index (χ4n) is 5.62. The molecule has 0 amide bonds. The molecule has 1 aliphatic heterocycles. The molecule has 0 unspecified atom stereocenters. The Bertz CT molecular complexity index is 3280. The van der Waals surface area contributed by atoms with Crippen molar-refractivity contribution in [1.82, 2.24) is 0 Å². The molecule has 0 bridgehead atoms. The Kier molecular flexibility index (Phi) is 14.7. The lowest BCUT2D eigenvalue weighted by atomic mass is 10.3. The summed E-state index contributed by atoms with van der Waals surface area (Å²) >= 11 is 0. The Morgan fingerprint density at radius 2 is 0.347 bits per heavy atom. The zero-order valence-corrected chi connectivity index (χ0v) is 42.6. The summed E-state index contributed by atoms with van der Waals surface area (Å²) in [7, 11) is -44.4. The monoisotopic (exact) mass is 1170 g/mol. The summed E-state index contributed by atoms with van der Waals surface area (Å²) in [5.74, 6) is -2.49. The zero-order chi connectivity index (χ0) is 52.8. The third kappa shape index (κ3) is 13.5. The van der Waals surface area contributed by atoms with Gasteiger partial charge in [0, 0.05) is 0 Å². The topological polar surface area (TPSA) is 419 Å². The molecule has 6 aromatic rings. The van der Waals surface area contributed by atoms with Crippen LogP contribution in [0, 0.1) is 0 Å². The minimum Gasteiger partial charge on any atom is -0.413 e. The first kappa shape index (κ1) is 54.1. The number of rotatable bonds is 18. The highest BCUT2D eigenvalue weighted by atomic mass is 32.2. The highest BCUT2D eigenvalue weighted by Crippen LogP contribution is 2.78. The van der Waals surface area contributed by atoms with Crippen LogP contribution in [0.4, 0.5) is 0 Å². The average Bonchev–Trinajstić information content (AvgIpc) is 3.25. The molecule has 6 N–H and O–H groups in total. The normalized spacial score (nSPS) is 15.6. The van der Waals surface area contributed by atoms with Crippen LogP contribution in [-0.4, -0.2) is 77.8 Å². The lowest BCUT2D eigenvalue weighted by Gasteiger charge is -2.33. The first-order valence-electron chi connectivity index (χ1n) is 18.8. The van der Waals surface area contributed by atoms with Gasteiger partial charge in [0.15, 0.2) is 0 Å². The Morgan fingerprint density at radius 1 is 0.236 bits per heavy atom. The van der Waals surface area contributed by atoms with E-state index in [1.54, 1.807) is 0 Å². The molecule has 1 aliphatic rings. The van der Waals surface area contributed by atoms with Crippen molar-refractivity contribution in [3.8, 4) is 34.5 Å². The molecule has 36 heteroatoms. The molecule has 0 spiro atoms. The van der Waals surface area contributed by atoms with Gasteiger partial charge in [0.1, 0.15) is 34.5 Å². The summed E-state index contributed by atoms with van der Waals surface area (Å²) in [5.41, 5.74) is 0. The molecule has 0 aromatic heterocycles. The van der Waals surface area contributed by atoms with Crippen LogP contribution in [0.5, 0.6) is 34.5 Å². The predicted molar refractivity (Wildman–Crippen MR) is 249 cm³/mol. The Hall–Kier alpha value is -5.73. The second kappa shape index (κ2) is 19.6. The maximum absolute atomic E-state index is 12.0. The van der Waals surface area contributed by atoms with Gasteiger partial charge < -0.3 is 27.1 Å². The van der Waals surface area contributed by atoms with Crippen LogP contribution in [0.25, 0.3) is 0 Å². The minimum absolute atomic E-state index is 0.416. The molecule has 72 heavy (non-hydrogen) atoms. The predicted octanol–water partition coefficient (Wildman–Crippen LogP) is 7.79. The molecular weight excluding hydrogens is 1140 g/mol. The number of benzene rings is 6. The highest BCUT2D eigenvalue weighted by molar-refractivity contribution is 7.87. The molecule has 1 heterocycles. The standard InChI is InChI=1S/C36H30N3O24P3S6/c40-67(41,42)31-13-1-25(2-14-31)58-64(59-26-3-15-32(16-4-26)68(43,44)45)37-65(60-27-5-17-33(18-6-27)69(46,47)48,61-28-7-19-34(20-8-28)70(49,50)51)39-66(38-64,62-29-9-21-35(22-10-29)71(52,53)54)63-30-11-23-36(24-12-30)72(55,56)57/h1-24H,(H,40,41,42)(H,43,44,45)(H,46,47,48)(H,49,50,51)(H,52,53,54)(H,55,56,57). The summed E-state index contributed by atoms with van der Waals surface area (Å²) in [5, 5.41) is 0. The van der Waals surface area contributed by atoms with Gasteiger partial charge in [-0.3, -0.25) is 27.3 Å². The minimum atomic E-state index is -5.09. The fourth-order valence-corrected chi connectivity index (χ4v) is 17.6. The second-order valence-corrected chi connectivity index (χ2v) is 28.7. The fraction of sp³-hybridized carbons (Fsp3) is 0. The molecule has 0 saturated heterocycles. The van der Waals surface area contributed by atoms with Crippen LogP contribution in [0.15, 0.2) is 189 Å². The second-order valence-electron chi connectivity index (χ2n) is 14.0. The van der Waals surface area contributed by atoms with Crippen molar-refractivity contribution in [3.63, 3.8) is 0 Å². The van der Waals surface area contributed by atoms with Crippen molar-refractivity contribution in [2.75, 3.05) is 0 Å². The van der Waals surface area contributed by atoms with Gasteiger partial charge in [0.05, 0.1) is 29.4 Å². The summed E-state index contributed by atoms with van der Waals surface area (Å²) in [6, 6.07) is 21.7. The SMILES string of the molecule is O=S(=O)(O)c1ccc(OP2(Oc3ccc(S(=O)(=O)O)cc3)=NP(Oc3ccc(S(=O)(=O)O)cc3)(Oc3ccc(S(=O)(=O)O)cc3)=NP(Oc3ccc(S(=O)(=O)O)cc3)(Oc3ccc(S(=O)(=O)O)cc3)=N2)cc1. The lowest BCUT2D eigenvalue weighted by molar-refractivity contribution is 0.442. The largest absolute Gasteiger partial charge is 0.460 e. The van der Waals surface area contributed by atoms with Crippen LogP contribution >= 0.6 is 23.0 Å². The van der Waals surface area contributed by atoms with Gasteiger partial charge in [-0.25, -0.2) is 0 Å². The van der Waals surface area contributed by atoms with E-state index in [2.05, 4.69) is 13.5 Å². The van der Waals surface area contributed by atoms with Gasteiger partial charge in [0.2, 0.25) is 0 Å². The molecule has 0 aliphatic carbocycles. The van der Waals surface area contributed by atoms with E-state index in [1.807, 2.05) is 0 Å². The van der Waals surface area contributed by atoms with Gasteiger partial charge >= 0.3 is 23.0 Å². The lowest BCUT2D eigenvalue weighted by Crippen LogP contribution is -2.11. The van der Waals surface area contributed by atoms with Crippen molar-refractivity contribution < 1.29 is 105 Å². The molecule has 0 atom stereocenters. The smallest absolute Gasteiger partial charge is 0.413 e. The number of hydrogen-bond donors (Lipinski definition) is 6. The Labute approximate surface area is 409 Å². The van der Waals surface area contributed by atoms with Gasteiger partial charge in [0.25, 0.3) is 60.7 Å². The summed E-state index contributed by atoms with van der Waals surface area (Å²) in [6.45, 7) is 0. The van der Waals surface area contributed by atoms with E-state index >= 15 is 0 Å². The van der Waals surface area contributed by atoms with E-state index in [0.717, 1.165) is 146 Å². The van der Waals surface area contributed by atoms with Crippen LogP contribution < -0.4 is 27.1 Å². The van der Waals surface area contributed by atoms with Crippen LogP contribution in [0.3, 0.4) is 0 Å². The number of nitrogens with zero attached hydrogens (tertiary/aromatic N) is 3. The van der Waals surface area contributed by atoms with Gasteiger partial charge in [-0.1, -0.05) is 13.5 Å². The maximum Gasteiger partial charge on any atom is 0.460 e. The summed E-state index contributed by atoms with van der Waals surface area (Å²) < 4.78 is 255. The number of hydrogen-bond acceptors (Lipinski definition) is 21. The molecule has 0 fully saturated rings. The van der Waals surface area contributed by atoms with Gasteiger partial charge in [-0.15, -0.1) is 0 Å². The van der Waals surface area contributed by atoms with E-state index in [9.17, 15) is 77.8 Å². The molecule has 0 radical (unpaired) electrons. The maximum atomic E-state index is 12.0. The quantitative estimate of drug-likeness (QED) is 0.0353. The van der Waals surface area contributed by atoms with Crippen LogP contribution in [-0.2, 0) is 60.7 Å². The third-order valence-corrected chi connectivity index (χ3v) is 22.1. The molecule has 7 rings (SSSR count). The first-order valence-corrected chi connectivity index (χ1v) is 32.0. The molecule has 27 nitrogen and oxygen atoms in total. The van der Waals surface area contributed by atoms with E-state index in [-0.39, 0.29) is 0 Å². The first-order chi connectivity index (χ1) is 33.2. The average molecular weight is 1170 g/mol. The van der Waals surface area contributed by atoms with Crippen molar-refractivity contribution in [2.45, 2.75) is 29.4 Å². The van der Waals surface area contributed by atoms with E-state index in [4.69, 9.17) is 27.1 Å². The Balaban J connectivity index is 1.62. The van der Waals surface area contributed by atoms with E-state index in [0.29, 0.717) is 0 Å². The third-order valence-electron chi connectivity index (χ3n) is 8.75. The van der Waals surface area contributed by atoms with Crippen LogP contribution in [0.1, 0.15) is 0 Å². The molecule has 384 valence electrons. The Morgan fingerprint density at radius 3 is 0.444 bits per heavy atom. The zero-order valence-electron chi connectivity index (χ0n) is 35.0. The van der Waals surface area contributed by atoms with Crippen molar-refractivity contribution in [3.05, 3.63) is 146 Å². The van der Waals surface area contributed by atoms with Gasteiger partial charge in [-0.2, -0.15) is 50.5 Å². The van der Waals surface area contributed by atoms with E-state index in [1.165, 1.54) is 0 Å². The summed E-state index contributed by atoms with van der Waals surface area (Å²) in [4.78, 5) is -3.99. The summed E-state index contributed by atoms with van der Waals surface area (Å²) in [6.07, 6.45) is 0.